The molecule has 1 unspecified atom stereocenters. The van der Waals surface area contributed by atoms with Crippen molar-refractivity contribution in [2.24, 2.45) is 0 Å². The van der Waals surface area contributed by atoms with Gasteiger partial charge in [-0.25, -0.2) is 8.42 Å². The number of benzene rings is 1. The third kappa shape index (κ3) is 2.13. The maximum absolute atomic E-state index is 13.0. The van der Waals surface area contributed by atoms with Crippen molar-refractivity contribution >= 4 is 9.84 Å². The summed E-state index contributed by atoms with van der Waals surface area (Å²) in [5.41, 5.74) is -1.37. The first-order valence-electron chi connectivity index (χ1n) is 6.41. The summed E-state index contributed by atoms with van der Waals surface area (Å²) in [5.74, 6) is -0.115. The minimum Gasteiger partial charge on any atom is -0.297 e. The van der Waals surface area contributed by atoms with Crippen molar-refractivity contribution in [3.8, 4) is 0 Å². The molecule has 0 spiro atoms. The summed E-state index contributed by atoms with van der Waals surface area (Å²) in [6.45, 7) is 0. The highest BCUT2D eigenvalue weighted by Crippen LogP contribution is 2.51. The van der Waals surface area contributed by atoms with Crippen molar-refractivity contribution < 1.29 is 21.6 Å². The number of fused-ring (bicyclic) bond motifs is 1. The predicted molar refractivity (Wildman–Crippen MR) is 67.0 cm³/mol. The van der Waals surface area contributed by atoms with Crippen molar-refractivity contribution in [1.29, 1.82) is 0 Å². The normalized spacial score (nSPS) is 26.9. The van der Waals surface area contributed by atoms with Crippen LogP contribution >= 0.6 is 0 Å². The lowest BCUT2D eigenvalue weighted by Gasteiger charge is -2.31. The molecule has 1 heterocycles. The molecule has 110 valence electrons. The second-order valence-corrected chi connectivity index (χ2v) is 7.50. The van der Waals surface area contributed by atoms with Crippen molar-refractivity contribution in [1.82, 2.24) is 5.32 Å². The third-order valence-corrected chi connectivity index (χ3v) is 5.86. The number of sulfone groups is 1. The Morgan fingerprint density at radius 2 is 1.85 bits per heavy atom. The zero-order valence-electron chi connectivity index (χ0n) is 10.6. The Morgan fingerprint density at radius 1 is 1.20 bits per heavy atom. The summed E-state index contributed by atoms with van der Waals surface area (Å²) in [6.07, 6.45) is -4.00. The minimum absolute atomic E-state index is 0.0575. The number of alkyl halides is 3. The van der Waals surface area contributed by atoms with Crippen molar-refractivity contribution in [3.05, 3.63) is 29.8 Å². The van der Waals surface area contributed by atoms with Gasteiger partial charge >= 0.3 is 6.18 Å². The molecule has 1 aliphatic heterocycles. The average molecular weight is 305 g/mol. The van der Waals surface area contributed by atoms with Gasteiger partial charge in [-0.3, -0.25) is 5.32 Å². The highest BCUT2D eigenvalue weighted by molar-refractivity contribution is 7.91. The van der Waals surface area contributed by atoms with Crippen LogP contribution in [-0.2, 0) is 9.84 Å². The molecule has 2 aliphatic rings. The molecule has 3 rings (SSSR count). The summed E-state index contributed by atoms with van der Waals surface area (Å²) in [5, 5.41) is 2.65. The van der Waals surface area contributed by atoms with Gasteiger partial charge < -0.3 is 0 Å². The summed E-state index contributed by atoms with van der Waals surface area (Å²) in [4.78, 5) is 0.154. The van der Waals surface area contributed by atoms with Crippen LogP contribution in [0, 0.1) is 0 Å². The molecule has 1 aromatic carbocycles. The Hall–Kier alpha value is -1.08. The van der Waals surface area contributed by atoms with Crippen LogP contribution in [0.1, 0.15) is 30.9 Å². The van der Waals surface area contributed by atoms with Crippen LogP contribution in [0.3, 0.4) is 0 Å². The van der Waals surface area contributed by atoms with E-state index in [4.69, 9.17) is 0 Å². The molecule has 0 aromatic heterocycles. The van der Waals surface area contributed by atoms with Gasteiger partial charge in [-0.2, -0.15) is 13.2 Å². The average Bonchev–Trinajstić information content (AvgIpc) is 3.14. The molecule has 1 atom stereocenters. The van der Waals surface area contributed by atoms with Gasteiger partial charge in [-0.05, 0) is 30.9 Å². The van der Waals surface area contributed by atoms with E-state index in [1.54, 1.807) is 18.2 Å². The van der Waals surface area contributed by atoms with Gasteiger partial charge in [0.1, 0.15) is 5.54 Å². The Bertz CT molecular complexity index is 635. The molecule has 1 aliphatic carbocycles. The molecule has 20 heavy (non-hydrogen) atoms. The monoisotopic (exact) mass is 305 g/mol. The molecule has 0 radical (unpaired) electrons. The van der Waals surface area contributed by atoms with Crippen molar-refractivity contribution in [2.75, 3.05) is 5.75 Å². The summed E-state index contributed by atoms with van der Waals surface area (Å²) in [7, 11) is -3.37. The van der Waals surface area contributed by atoms with Crippen LogP contribution < -0.4 is 5.32 Å². The van der Waals surface area contributed by atoms with Crippen LogP contribution in [0.25, 0.3) is 0 Å². The van der Waals surface area contributed by atoms with Gasteiger partial charge in [0.2, 0.25) is 0 Å². The van der Waals surface area contributed by atoms with E-state index in [-0.39, 0.29) is 29.9 Å². The quantitative estimate of drug-likeness (QED) is 0.913. The van der Waals surface area contributed by atoms with Crippen LogP contribution in [-0.4, -0.2) is 25.9 Å². The van der Waals surface area contributed by atoms with E-state index in [0.29, 0.717) is 5.56 Å². The minimum atomic E-state index is -4.29. The number of hydrogen-bond donors (Lipinski definition) is 1. The molecule has 7 heteroatoms. The zero-order valence-corrected chi connectivity index (χ0v) is 11.4. The largest absolute Gasteiger partial charge is 0.406 e. The first kappa shape index (κ1) is 13.9. The fraction of sp³-hybridized carbons (Fsp3) is 0.538. The fourth-order valence-corrected chi connectivity index (χ4v) is 4.33. The Balaban J connectivity index is 1.94. The second kappa shape index (κ2) is 4.21. The summed E-state index contributed by atoms with van der Waals surface area (Å²) < 4.78 is 62.9. The van der Waals surface area contributed by atoms with Gasteiger partial charge in [0, 0.05) is 6.04 Å². The molecule has 1 saturated carbocycles. The SMILES string of the molecule is O=S1(=O)CCC(NC2(C(F)(F)F)CC2)c2ccccc21. The van der Waals surface area contributed by atoms with E-state index in [1.165, 1.54) is 6.07 Å². The van der Waals surface area contributed by atoms with Gasteiger partial charge in [0.05, 0.1) is 10.6 Å². The molecule has 1 N–H and O–H groups in total. The molecule has 0 saturated heterocycles. The lowest BCUT2D eigenvalue weighted by molar-refractivity contribution is -0.168. The highest BCUT2D eigenvalue weighted by atomic mass is 32.2. The molecular formula is C13H14F3NO2S. The lowest BCUT2D eigenvalue weighted by Crippen LogP contribution is -2.47. The zero-order chi connectivity index (χ0) is 14.6. The first-order chi connectivity index (χ1) is 9.25. The topological polar surface area (TPSA) is 46.2 Å². The van der Waals surface area contributed by atoms with Gasteiger partial charge in [0.15, 0.2) is 9.84 Å². The molecule has 0 bridgehead atoms. The maximum atomic E-state index is 13.0. The van der Waals surface area contributed by atoms with E-state index in [0.717, 1.165) is 0 Å². The first-order valence-corrected chi connectivity index (χ1v) is 8.07. The van der Waals surface area contributed by atoms with E-state index in [9.17, 15) is 21.6 Å². The predicted octanol–water partition coefficient (Wildman–Crippen LogP) is 2.59. The Morgan fingerprint density at radius 3 is 2.45 bits per heavy atom. The van der Waals surface area contributed by atoms with Crippen LogP contribution in [0.4, 0.5) is 13.2 Å². The van der Waals surface area contributed by atoms with E-state index in [1.807, 2.05) is 0 Å². The fourth-order valence-electron chi connectivity index (χ4n) is 2.71. The van der Waals surface area contributed by atoms with E-state index >= 15 is 0 Å². The van der Waals surface area contributed by atoms with Crippen LogP contribution in [0.15, 0.2) is 29.2 Å². The van der Waals surface area contributed by atoms with Gasteiger partial charge in [0.25, 0.3) is 0 Å². The second-order valence-electron chi connectivity index (χ2n) is 5.42. The highest BCUT2D eigenvalue weighted by Gasteiger charge is 2.64. The van der Waals surface area contributed by atoms with Crippen LogP contribution in [0.2, 0.25) is 0 Å². The number of nitrogens with one attached hydrogen (secondary N) is 1. The van der Waals surface area contributed by atoms with Gasteiger partial charge in [-0.1, -0.05) is 18.2 Å². The summed E-state index contributed by atoms with van der Waals surface area (Å²) in [6, 6.07) is 5.75. The van der Waals surface area contributed by atoms with E-state index in [2.05, 4.69) is 5.32 Å². The maximum Gasteiger partial charge on any atom is 0.406 e. The molecule has 0 amide bonds. The lowest BCUT2D eigenvalue weighted by atomic mass is 10.0. The van der Waals surface area contributed by atoms with Crippen LogP contribution in [0.5, 0.6) is 0 Å². The number of rotatable bonds is 2. The third-order valence-electron chi connectivity index (χ3n) is 4.05. The molecule has 1 fully saturated rings. The number of halogens is 3. The Labute approximate surface area is 115 Å². The number of hydrogen-bond acceptors (Lipinski definition) is 3. The smallest absolute Gasteiger partial charge is 0.297 e. The molecule has 3 nitrogen and oxygen atoms in total. The van der Waals surface area contributed by atoms with Gasteiger partial charge in [-0.15, -0.1) is 0 Å². The molecular weight excluding hydrogens is 291 g/mol. The van der Waals surface area contributed by atoms with Crippen molar-refractivity contribution in [2.45, 2.75) is 41.9 Å². The van der Waals surface area contributed by atoms with E-state index < -0.39 is 27.6 Å². The Kier molecular flexibility index (Phi) is 2.92. The summed E-state index contributed by atoms with van der Waals surface area (Å²) >= 11 is 0. The molecule has 1 aromatic rings. The standard InChI is InChI=1S/C13H14F3NO2S/c14-13(15,16)12(6-7-12)17-10-5-8-20(18,19)11-4-2-1-3-9(10)11/h1-4,10,17H,5-8H2. The van der Waals surface area contributed by atoms with Crippen molar-refractivity contribution in [3.63, 3.8) is 0 Å².